The Morgan fingerprint density at radius 2 is 1.12 bits per heavy atom. The van der Waals surface area contributed by atoms with Crippen LogP contribution in [0.5, 0.6) is 0 Å². The summed E-state index contributed by atoms with van der Waals surface area (Å²) in [5, 5.41) is 0. The average Bonchev–Trinajstić information content (AvgIpc) is 1.77. The quantitative estimate of drug-likeness (QED) is 0.339. The van der Waals surface area contributed by atoms with Gasteiger partial charge in [0.2, 0.25) is 0 Å². The molecule has 0 radical (unpaired) electrons. The van der Waals surface area contributed by atoms with Crippen molar-refractivity contribution in [2.24, 2.45) is 5.92 Å². The van der Waals surface area contributed by atoms with Crippen molar-refractivity contribution in [3.8, 4) is 0 Å². The van der Waals surface area contributed by atoms with Crippen LogP contribution in [0.2, 0.25) is 0 Å². The van der Waals surface area contributed by atoms with Gasteiger partial charge in [0, 0.05) is 0 Å². The fourth-order valence-electron chi connectivity index (χ4n) is 1.21. The van der Waals surface area contributed by atoms with Gasteiger partial charge in [-0.3, -0.25) is 0 Å². The van der Waals surface area contributed by atoms with Gasteiger partial charge < -0.3 is 55.9 Å². The van der Waals surface area contributed by atoms with E-state index < -0.39 is 0 Å². The molecule has 0 aromatic rings. The summed E-state index contributed by atoms with van der Waals surface area (Å²) in [5.41, 5.74) is 7.42. The van der Waals surface area contributed by atoms with Crippen molar-refractivity contribution < 1.29 is 42.1 Å². The van der Waals surface area contributed by atoms with E-state index in [0.29, 0.717) is 5.92 Å². The number of rotatable bonds is 0. The Morgan fingerprint density at radius 1 is 0.812 bits per heavy atom. The van der Waals surface area contributed by atoms with E-state index in [2.05, 4.69) is 6.92 Å². The SMILES string of the molecule is [CH2-]C1CCCCC1[NH-].[CH3-].[CH3-].[CH3-].[CH3-].[CH3-].[NH2-].[Pt+4].[Pt+4]. The minimum atomic E-state index is 0. The maximum Gasteiger partial charge on any atom is 4.00 e. The maximum absolute atomic E-state index is 7.42. The van der Waals surface area contributed by atoms with Crippen molar-refractivity contribution in [1.82, 2.24) is 0 Å². The van der Waals surface area contributed by atoms with Crippen molar-refractivity contribution in [2.45, 2.75) is 31.7 Å². The zero-order valence-electron chi connectivity index (χ0n) is 11.4. The Balaban J connectivity index is -0.0000000133. The molecule has 0 saturated heterocycles. The molecule has 4 heteroatoms. The van der Waals surface area contributed by atoms with Gasteiger partial charge in [0.05, 0.1) is 0 Å². The molecule has 2 unspecified atom stereocenters. The monoisotopic (exact) mass is 592 g/mol. The van der Waals surface area contributed by atoms with Gasteiger partial charge in [0.25, 0.3) is 0 Å². The minimum Gasteiger partial charge on any atom is -0.693 e. The van der Waals surface area contributed by atoms with E-state index in [9.17, 15) is 0 Å². The molecule has 1 rings (SSSR count). The third kappa shape index (κ3) is 20.7. The summed E-state index contributed by atoms with van der Waals surface area (Å²) < 4.78 is 0. The smallest absolute Gasteiger partial charge is 0.693 e. The molecule has 0 amide bonds. The zero-order chi connectivity index (χ0) is 5.98. The Labute approximate surface area is 135 Å². The maximum atomic E-state index is 7.42. The van der Waals surface area contributed by atoms with Gasteiger partial charge in [-0.2, -0.15) is 12.0 Å². The third-order valence-electron chi connectivity index (χ3n) is 1.91. The van der Waals surface area contributed by atoms with E-state index in [-0.39, 0.29) is 91.5 Å². The van der Waals surface area contributed by atoms with Gasteiger partial charge in [-0.1, -0.05) is 25.7 Å². The molecule has 0 bridgehead atoms. The molecule has 0 aromatic carbocycles. The molecule has 1 fully saturated rings. The predicted octanol–water partition coefficient (Wildman–Crippen LogP) is 5.40. The van der Waals surface area contributed by atoms with Crippen LogP contribution in [0.15, 0.2) is 0 Å². The zero-order valence-corrected chi connectivity index (χ0v) is 15.9. The summed E-state index contributed by atoms with van der Waals surface area (Å²) in [6.07, 6.45) is 4.80. The normalized spacial score (nSPS) is 19.9. The molecule has 0 spiro atoms. The number of nitrogens with two attached hydrogens (primary N) is 1. The van der Waals surface area contributed by atoms with Crippen molar-refractivity contribution in [1.29, 1.82) is 0 Å². The molecule has 0 aromatic heterocycles. The Bertz CT molecular complexity index is 73.4. The summed E-state index contributed by atoms with van der Waals surface area (Å²) in [7, 11) is 0. The molecular formula is C12H30N2Pt2. The fourth-order valence-corrected chi connectivity index (χ4v) is 1.21. The first kappa shape index (κ1) is 53.2. The van der Waals surface area contributed by atoms with E-state index in [1.807, 2.05) is 0 Å². The van der Waals surface area contributed by atoms with Crippen LogP contribution >= 0.6 is 0 Å². The fraction of sp³-hybridized carbons (Fsp3) is 0.500. The minimum absolute atomic E-state index is 0. The second-order valence-corrected chi connectivity index (χ2v) is 2.65. The second kappa shape index (κ2) is 29.9. The Hall–Kier alpha value is 1.30. The first-order valence-corrected chi connectivity index (χ1v) is 3.35. The molecule has 2 atom stereocenters. The van der Waals surface area contributed by atoms with Crippen LogP contribution in [-0.2, 0) is 42.1 Å². The van der Waals surface area contributed by atoms with E-state index in [0.717, 1.165) is 6.42 Å². The van der Waals surface area contributed by atoms with Crippen LogP contribution in [-0.4, -0.2) is 6.04 Å². The number of nitrogens with one attached hydrogen (secondary N) is 1. The summed E-state index contributed by atoms with van der Waals surface area (Å²) in [5.74, 6) is 0.420. The first-order valence-electron chi connectivity index (χ1n) is 3.35. The third-order valence-corrected chi connectivity index (χ3v) is 1.91. The molecule has 1 saturated carbocycles. The molecule has 0 heterocycles. The van der Waals surface area contributed by atoms with Gasteiger partial charge in [-0.15, -0.1) is 0 Å². The molecule has 1 aliphatic rings. The molecule has 0 aliphatic heterocycles. The van der Waals surface area contributed by atoms with Crippen LogP contribution in [0, 0.1) is 50.0 Å². The molecule has 16 heavy (non-hydrogen) atoms. The second-order valence-electron chi connectivity index (χ2n) is 2.65. The van der Waals surface area contributed by atoms with E-state index in [4.69, 9.17) is 5.73 Å². The van der Waals surface area contributed by atoms with Crippen LogP contribution in [0.1, 0.15) is 25.7 Å². The standard InChI is InChI=1S/C7H13N.5CH3.H2N.2Pt/c1-6-4-2-3-5-7(6)8;;;;;;;;/h6-8H,1-5H2;5*1H3;1H2;;/q-2;6*-1;2*+4. The van der Waals surface area contributed by atoms with Gasteiger partial charge in [0.15, 0.2) is 0 Å². The molecule has 1 aliphatic carbocycles. The summed E-state index contributed by atoms with van der Waals surface area (Å²) >= 11 is 0. The molecule has 2 nitrogen and oxygen atoms in total. The first-order chi connectivity index (χ1) is 3.80. The van der Waals surface area contributed by atoms with Crippen LogP contribution in [0.25, 0.3) is 11.9 Å². The van der Waals surface area contributed by atoms with Crippen LogP contribution in [0.3, 0.4) is 0 Å². The van der Waals surface area contributed by atoms with E-state index >= 15 is 0 Å². The average molecular weight is 593 g/mol. The number of hydrogen-bond donors (Lipinski definition) is 0. The van der Waals surface area contributed by atoms with Crippen molar-refractivity contribution in [2.75, 3.05) is 0 Å². The van der Waals surface area contributed by atoms with Crippen molar-refractivity contribution in [3.05, 3.63) is 55.9 Å². The largest absolute Gasteiger partial charge is 4.00 e. The van der Waals surface area contributed by atoms with E-state index in [1.165, 1.54) is 19.3 Å². The van der Waals surface area contributed by atoms with Crippen LogP contribution < -0.4 is 0 Å². The number of hydrogen-bond acceptors (Lipinski definition) is 0. The van der Waals surface area contributed by atoms with Gasteiger partial charge in [-0.05, 0) is 0 Å². The van der Waals surface area contributed by atoms with E-state index in [1.54, 1.807) is 0 Å². The summed E-state index contributed by atoms with van der Waals surface area (Å²) in [6, 6.07) is 0.142. The summed E-state index contributed by atoms with van der Waals surface area (Å²) in [6.45, 7) is 3.89. The van der Waals surface area contributed by atoms with Crippen LogP contribution in [0.4, 0.5) is 0 Å². The molecule has 108 valence electrons. The Kier molecular flexibility index (Phi) is 99.3. The Morgan fingerprint density at radius 3 is 1.31 bits per heavy atom. The van der Waals surface area contributed by atoms with Gasteiger partial charge in [-0.25, -0.2) is 0 Å². The summed E-state index contributed by atoms with van der Waals surface area (Å²) in [4.78, 5) is 0. The predicted molar refractivity (Wildman–Crippen MR) is 72.8 cm³/mol. The van der Waals surface area contributed by atoms with Gasteiger partial charge >= 0.3 is 42.1 Å². The van der Waals surface area contributed by atoms with Gasteiger partial charge in [0.1, 0.15) is 0 Å². The molecular weight excluding hydrogens is 562 g/mol. The topological polar surface area (TPSA) is 57.3 Å². The van der Waals surface area contributed by atoms with Crippen molar-refractivity contribution in [3.63, 3.8) is 0 Å². The van der Waals surface area contributed by atoms with Crippen molar-refractivity contribution >= 4 is 0 Å². The molecule has 3 N–H and O–H groups in total.